The summed E-state index contributed by atoms with van der Waals surface area (Å²) in [5, 5.41) is 11.9. The molecule has 0 unspecified atom stereocenters. The molecule has 0 saturated carbocycles. The molecule has 0 saturated heterocycles. The molecule has 1 rings (SSSR count). The monoisotopic (exact) mass is 221 g/mol. The molecule has 90 valence electrons. The highest BCUT2D eigenvalue weighted by Crippen LogP contribution is 2.06. The smallest absolute Gasteiger partial charge is 0.0443 e. The molecule has 2 N–H and O–H groups in total. The summed E-state index contributed by atoms with van der Waals surface area (Å²) >= 11 is 0. The van der Waals surface area contributed by atoms with Crippen LogP contribution >= 0.6 is 0 Å². The van der Waals surface area contributed by atoms with Crippen LogP contribution in [0.5, 0.6) is 0 Å². The van der Waals surface area contributed by atoms with Crippen LogP contribution in [0.3, 0.4) is 0 Å². The van der Waals surface area contributed by atoms with Crippen LogP contribution in [0.2, 0.25) is 0 Å². The third-order valence-electron chi connectivity index (χ3n) is 2.66. The zero-order valence-electron chi connectivity index (χ0n) is 10.2. The van der Waals surface area contributed by atoms with Crippen molar-refractivity contribution in [1.82, 2.24) is 5.32 Å². The van der Waals surface area contributed by atoms with E-state index >= 15 is 0 Å². The summed E-state index contributed by atoms with van der Waals surface area (Å²) in [5.74, 6) is 0. The highest BCUT2D eigenvalue weighted by molar-refractivity contribution is 5.22. The topological polar surface area (TPSA) is 32.3 Å². The lowest BCUT2D eigenvalue weighted by molar-refractivity contribution is 0.286. The van der Waals surface area contributed by atoms with E-state index in [1.807, 2.05) is 0 Å². The average molecular weight is 221 g/mol. The second kappa shape index (κ2) is 8.31. The van der Waals surface area contributed by atoms with E-state index in [1.54, 1.807) is 0 Å². The molecular formula is C14H23NO. The third-order valence-corrected chi connectivity index (χ3v) is 2.66. The number of hydrogen-bond acceptors (Lipinski definition) is 2. The minimum Gasteiger partial charge on any atom is -0.396 e. The summed E-state index contributed by atoms with van der Waals surface area (Å²) < 4.78 is 0. The number of hydrogen-bond donors (Lipinski definition) is 2. The van der Waals surface area contributed by atoms with Crippen molar-refractivity contribution in [3.63, 3.8) is 0 Å². The molecule has 1 aromatic carbocycles. The van der Waals surface area contributed by atoms with E-state index in [0.29, 0.717) is 0 Å². The first kappa shape index (κ1) is 13.2. The second-order valence-electron chi connectivity index (χ2n) is 4.14. The molecule has 1 aromatic rings. The van der Waals surface area contributed by atoms with Crippen molar-refractivity contribution in [1.29, 1.82) is 0 Å². The summed E-state index contributed by atoms with van der Waals surface area (Å²) in [5.41, 5.74) is 2.82. The zero-order valence-corrected chi connectivity index (χ0v) is 10.2. The van der Waals surface area contributed by atoms with Crippen molar-refractivity contribution in [3.05, 3.63) is 35.4 Å². The highest BCUT2D eigenvalue weighted by Gasteiger charge is 1.94. The number of nitrogens with one attached hydrogen (secondary N) is 1. The van der Waals surface area contributed by atoms with Crippen LogP contribution in [0.4, 0.5) is 0 Å². The molecule has 0 aromatic heterocycles. The molecule has 0 spiro atoms. The molecule has 2 nitrogen and oxygen atoms in total. The van der Waals surface area contributed by atoms with Crippen LogP contribution in [-0.4, -0.2) is 24.8 Å². The number of aliphatic hydroxyl groups is 1. The Kier molecular flexibility index (Phi) is 6.86. The minimum absolute atomic E-state index is 0.277. The SMILES string of the molecule is CCCc1ccc(CCNCCCO)cc1. The van der Waals surface area contributed by atoms with Crippen molar-refractivity contribution >= 4 is 0 Å². The van der Waals surface area contributed by atoms with Gasteiger partial charge in [-0.3, -0.25) is 0 Å². The fraction of sp³-hybridized carbons (Fsp3) is 0.571. The number of aliphatic hydroxyl groups excluding tert-OH is 1. The molecule has 0 aliphatic rings. The first-order valence-electron chi connectivity index (χ1n) is 6.26. The Morgan fingerprint density at radius 1 is 1.00 bits per heavy atom. The van der Waals surface area contributed by atoms with Crippen molar-refractivity contribution in [2.24, 2.45) is 0 Å². The van der Waals surface area contributed by atoms with Gasteiger partial charge in [0, 0.05) is 6.61 Å². The summed E-state index contributed by atoms with van der Waals surface area (Å²) in [7, 11) is 0. The van der Waals surface area contributed by atoms with Gasteiger partial charge in [-0.05, 0) is 43.5 Å². The van der Waals surface area contributed by atoms with Crippen LogP contribution in [0, 0.1) is 0 Å². The predicted molar refractivity (Wildman–Crippen MR) is 68.7 cm³/mol. The van der Waals surface area contributed by atoms with Crippen molar-refractivity contribution < 1.29 is 5.11 Å². The number of benzene rings is 1. The molecule has 0 bridgehead atoms. The Morgan fingerprint density at radius 2 is 1.62 bits per heavy atom. The summed E-state index contributed by atoms with van der Waals surface area (Å²) in [6, 6.07) is 8.90. The van der Waals surface area contributed by atoms with Gasteiger partial charge in [-0.2, -0.15) is 0 Å². The first-order valence-corrected chi connectivity index (χ1v) is 6.26. The Labute approximate surface area is 98.7 Å². The Morgan fingerprint density at radius 3 is 2.19 bits per heavy atom. The molecular weight excluding hydrogens is 198 g/mol. The van der Waals surface area contributed by atoms with Gasteiger partial charge in [-0.1, -0.05) is 37.6 Å². The van der Waals surface area contributed by atoms with E-state index in [4.69, 9.17) is 5.11 Å². The van der Waals surface area contributed by atoms with Gasteiger partial charge in [0.15, 0.2) is 0 Å². The fourth-order valence-electron chi connectivity index (χ4n) is 1.72. The van der Waals surface area contributed by atoms with E-state index in [2.05, 4.69) is 36.5 Å². The molecule has 2 heteroatoms. The fourth-order valence-corrected chi connectivity index (χ4v) is 1.72. The van der Waals surface area contributed by atoms with Crippen molar-refractivity contribution in [2.45, 2.75) is 32.6 Å². The van der Waals surface area contributed by atoms with E-state index in [-0.39, 0.29) is 6.61 Å². The molecule has 0 aliphatic heterocycles. The maximum Gasteiger partial charge on any atom is 0.0443 e. The van der Waals surface area contributed by atoms with E-state index < -0.39 is 0 Å². The highest BCUT2D eigenvalue weighted by atomic mass is 16.3. The maximum atomic E-state index is 8.62. The number of aryl methyl sites for hydroxylation is 1. The summed E-state index contributed by atoms with van der Waals surface area (Å²) in [6.07, 6.45) is 4.30. The van der Waals surface area contributed by atoms with Crippen LogP contribution < -0.4 is 5.32 Å². The van der Waals surface area contributed by atoms with E-state index in [0.717, 1.165) is 25.9 Å². The normalized spacial score (nSPS) is 10.6. The average Bonchev–Trinajstić information content (AvgIpc) is 2.31. The van der Waals surface area contributed by atoms with Crippen LogP contribution in [-0.2, 0) is 12.8 Å². The van der Waals surface area contributed by atoms with Gasteiger partial charge in [-0.15, -0.1) is 0 Å². The molecule has 0 heterocycles. The van der Waals surface area contributed by atoms with Gasteiger partial charge in [0.2, 0.25) is 0 Å². The predicted octanol–water partition coefficient (Wildman–Crippen LogP) is 2.15. The quantitative estimate of drug-likeness (QED) is 0.659. The van der Waals surface area contributed by atoms with Crippen LogP contribution in [0.1, 0.15) is 30.9 Å². The molecule has 0 radical (unpaired) electrons. The summed E-state index contributed by atoms with van der Waals surface area (Å²) in [4.78, 5) is 0. The first-order chi connectivity index (χ1) is 7.86. The Bertz CT molecular complexity index is 269. The molecule has 0 atom stereocenters. The lowest BCUT2D eigenvalue weighted by Gasteiger charge is -2.05. The third kappa shape index (κ3) is 5.29. The van der Waals surface area contributed by atoms with Gasteiger partial charge >= 0.3 is 0 Å². The van der Waals surface area contributed by atoms with Crippen LogP contribution in [0.25, 0.3) is 0 Å². The van der Waals surface area contributed by atoms with Crippen LogP contribution in [0.15, 0.2) is 24.3 Å². The molecule has 0 aliphatic carbocycles. The summed E-state index contributed by atoms with van der Waals surface area (Å²) in [6.45, 7) is 4.38. The molecule has 0 amide bonds. The van der Waals surface area contributed by atoms with E-state index in [9.17, 15) is 0 Å². The standard InChI is InChI=1S/C14H23NO/c1-2-4-13-5-7-14(8-6-13)9-11-15-10-3-12-16/h5-8,15-16H,2-4,9-12H2,1H3. The van der Waals surface area contributed by atoms with Crippen molar-refractivity contribution in [3.8, 4) is 0 Å². The minimum atomic E-state index is 0.277. The van der Waals surface area contributed by atoms with Crippen molar-refractivity contribution in [2.75, 3.05) is 19.7 Å². The van der Waals surface area contributed by atoms with Gasteiger partial charge in [0.1, 0.15) is 0 Å². The Balaban J connectivity index is 2.21. The van der Waals surface area contributed by atoms with Gasteiger partial charge in [0.05, 0.1) is 0 Å². The lowest BCUT2D eigenvalue weighted by Crippen LogP contribution is -2.19. The van der Waals surface area contributed by atoms with Gasteiger partial charge < -0.3 is 10.4 Å². The maximum absolute atomic E-state index is 8.62. The van der Waals surface area contributed by atoms with Gasteiger partial charge in [-0.25, -0.2) is 0 Å². The lowest BCUT2D eigenvalue weighted by atomic mass is 10.1. The van der Waals surface area contributed by atoms with Gasteiger partial charge in [0.25, 0.3) is 0 Å². The molecule has 0 fully saturated rings. The Hall–Kier alpha value is -0.860. The molecule has 16 heavy (non-hydrogen) atoms. The zero-order chi connectivity index (χ0) is 11.6. The van der Waals surface area contributed by atoms with E-state index in [1.165, 1.54) is 24.0 Å². The second-order valence-corrected chi connectivity index (χ2v) is 4.14. The number of rotatable bonds is 8. The largest absolute Gasteiger partial charge is 0.396 e.